The van der Waals surface area contributed by atoms with E-state index in [1.807, 2.05) is 0 Å². The molecule has 0 aromatic heterocycles. The minimum absolute atomic E-state index is 0.116. The number of carbonyl (C=O) groups excluding carboxylic acids is 2. The third kappa shape index (κ3) is 1.49. The Labute approximate surface area is 93.8 Å². The summed E-state index contributed by atoms with van der Waals surface area (Å²) in [6.45, 7) is 2.76. The van der Waals surface area contributed by atoms with Crippen molar-refractivity contribution < 1.29 is 14.7 Å². The Kier molecular flexibility index (Phi) is 2.63. The van der Waals surface area contributed by atoms with Gasteiger partial charge in [-0.05, 0) is 26.3 Å². The first kappa shape index (κ1) is 11.3. The van der Waals surface area contributed by atoms with Crippen molar-refractivity contribution in [1.29, 1.82) is 0 Å². The summed E-state index contributed by atoms with van der Waals surface area (Å²) in [5, 5.41) is 12.6. The maximum absolute atomic E-state index is 12.0. The van der Waals surface area contributed by atoms with E-state index in [0.717, 1.165) is 19.4 Å². The number of primary amides is 1. The third-order valence-corrected chi connectivity index (χ3v) is 3.44. The number of carbonyl (C=O) groups is 2. The zero-order valence-electron chi connectivity index (χ0n) is 9.27. The Bertz CT molecular complexity index is 323. The summed E-state index contributed by atoms with van der Waals surface area (Å²) in [6.07, 6.45) is 0.837. The van der Waals surface area contributed by atoms with Gasteiger partial charge in [-0.2, -0.15) is 0 Å². The fourth-order valence-electron chi connectivity index (χ4n) is 2.61. The van der Waals surface area contributed by atoms with Gasteiger partial charge < -0.3 is 21.1 Å². The van der Waals surface area contributed by atoms with E-state index in [9.17, 15) is 14.7 Å². The number of nitrogens with zero attached hydrogens (tertiary/aromatic N) is 1. The molecule has 6 heteroatoms. The standard InChI is InChI=1S/C10H17N3O3/c1-6(14)7(8(11)15)13-5-10(9(13)16)3-2-4-12-10/h6-7,12,14H,2-5H2,1H3,(H2,11,15)/t6?,7?,10-/m0/s1. The summed E-state index contributed by atoms with van der Waals surface area (Å²) in [5.74, 6) is -0.772. The van der Waals surface area contributed by atoms with E-state index < -0.39 is 23.6 Å². The summed E-state index contributed by atoms with van der Waals surface area (Å²) in [7, 11) is 0. The van der Waals surface area contributed by atoms with Gasteiger partial charge in [0.2, 0.25) is 11.8 Å². The molecule has 0 aliphatic carbocycles. The van der Waals surface area contributed by atoms with Crippen LogP contribution < -0.4 is 11.1 Å². The monoisotopic (exact) mass is 227 g/mol. The van der Waals surface area contributed by atoms with Gasteiger partial charge in [-0.1, -0.05) is 0 Å². The van der Waals surface area contributed by atoms with Crippen molar-refractivity contribution in [1.82, 2.24) is 10.2 Å². The molecule has 2 aliphatic rings. The molecule has 0 bridgehead atoms. The number of hydrogen-bond donors (Lipinski definition) is 3. The fraction of sp³-hybridized carbons (Fsp3) is 0.800. The number of aliphatic hydroxyl groups is 1. The number of nitrogens with one attached hydrogen (secondary N) is 1. The lowest BCUT2D eigenvalue weighted by Gasteiger charge is -2.50. The molecule has 2 saturated heterocycles. The second-order valence-corrected chi connectivity index (χ2v) is 4.63. The number of rotatable bonds is 3. The van der Waals surface area contributed by atoms with Crippen molar-refractivity contribution in [2.24, 2.45) is 5.73 Å². The summed E-state index contributed by atoms with van der Waals surface area (Å²) < 4.78 is 0. The minimum Gasteiger partial charge on any atom is -0.391 e. The van der Waals surface area contributed by atoms with E-state index in [4.69, 9.17) is 5.73 Å². The molecule has 2 fully saturated rings. The molecule has 0 aromatic rings. The van der Waals surface area contributed by atoms with Crippen molar-refractivity contribution in [3.63, 3.8) is 0 Å². The molecule has 0 saturated carbocycles. The molecule has 2 rings (SSSR count). The van der Waals surface area contributed by atoms with Crippen LogP contribution in [0.15, 0.2) is 0 Å². The van der Waals surface area contributed by atoms with Crippen LogP contribution in [-0.2, 0) is 9.59 Å². The number of likely N-dealkylation sites (tertiary alicyclic amines) is 1. The highest BCUT2D eigenvalue weighted by atomic mass is 16.3. The van der Waals surface area contributed by atoms with Crippen molar-refractivity contribution >= 4 is 11.8 Å². The molecule has 2 amide bonds. The third-order valence-electron chi connectivity index (χ3n) is 3.44. The Hall–Kier alpha value is -1.14. The summed E-state index contributed by atoms with van der Waals surface area (Å²) >= 11 is 0. The highest BCUT2D eigenvalue weighted by Gasteiger charge is 2.56. The van der Waals surface area contributed by atoms with Crippen molar-refractivity contribution in [3.8, 4) is 0 Å². The molecule has 90 valence electrons. The zero-order valence-corrected chi connectivity index (χ0v) is 9.27. The smallest absolute Gasteiger partial charge is 0.245 e. The van der Waals surface area contributed by atoms with Gasteiger partial charge >= 0.3 is 0 Å². The van der Waals surface area contributed by atoms with Gasteiger partial charge in [0.05, 0.1) is 6.10 Å². The summed E-state index contributed by atoms with van der Waals surface area (Å²) in [4.78, 5) is 24.5. The van der Waals surface area contributed by atoms with Crippen molar-refractivity contribution in [3.05, 3.63) is 0 Å². The predicted octanol–water partition coefficient (Wildman–Crippen LogP) is -1.81. The Morgan fingerprint density at radius 3 is 2.75 bits per heavy atom. The van der Waals surface area contributed by atoms with E-state index in [-0.39, 0.29) is 5.91 Å². The second kappa shape index (κ2) is 3.71. The molecule has 2 unspecified atom stereocenters. The van der Waals surface area contributed by atoms with Gasteiger partial charge in [0.15, 0.2) is 0 Å². The van der Waals surface area contributed by atoms with Gasteiger partial charge in [0.25, 0.3) is 0 Å². The van der Waals surface area contributed by atoms with Crippen molar-refractivity contribution in [2.45, 2.75) is 37.5 Å². The summed E-state index contributed by atoms with van der Waals surface area (Å²) in [5.41, 5.74) is 4.70. The van der Waals surface area contributed by atoms with E-state index >= 15 is 0 Å². The Morgan fingerprint density at radius 2 is 2.38 bits per heavy atom. The molecule has 4 N–H and O–H groups in total. The number of amides is 2. The largest absolute Gasteiger partial charge is 0.391 e. The number of aliphatic hydroxyl groups excluding tert-OH is 1. The van der Waals surface area contributed by atoms with E-state index in [2.05, 4.69) is 5.32 Å². The SMILES string of the molecule is CC(O)C(C(N)=O)N1C[C@@]2(CCCN2)C1=O. The highest BCUT2D eigenvalue weighted by molar-refractivity contribution is 5.97. The molecular formula is C10H17N3O3. The maximum Gasteiger partial charge on any atom is 0.245 e. The van der Waals surface area contributed by atoms with Crippen molar-refractivity contribution in [2.75, 3.05) is 13.1 Å². The van der Waals surface area contributed by atoms with Gasteiger partial charge in [0.1, 0.15) is 11.6 Å². The van der Waals surface area contributed by atoms with E-state index in [1.54, 1.807) is 0 Å². The van der Waals surface area contributed by atoms with Crippen LogP contribution in [0.2, 0.25) is 0 Å². The number of hydrogen-bond acceptors (Lipinski definition) is 4. The van der Waals surface area contributed by atoms with Crippen LogP contribution in [0.4, 0.5) is 0 Å². The topological polar surface area (TPSA) is 95.7 Å². The fourth-order valence-corrected chi connectivity index (χ4v) is 2.61. The average molecular weight is 227 g/mol. The Morgan fingerprint density at radius 1 is 1.69 bits per heavy atom. The van der Waals surface area contributed by atoms with Gasteiger partial charge in [-0.3, -0.25) is 9.59 Å². The predicted molar refractivity (Wildman–Crippen MR) is 56.3 cm³/mol. The van der Waals surface area contributed by atoms with Gasteiger partial charge in [-0.25, -0.2) is 0 Å². The first-order valence-electron chi connectivity index (χ1n) is 5.51. The van der Waals surface area contributed by atoms with Crippen LogP contribution in [0.5, 0.6) is 0 Å². The number of nitrogens with two attached hydrogens (primary N) is 1. The van der Waals surface area contributed by atoms with E-state index in [0.29, 0.717) is 6.54 Å². The molecule has 2 aliphatic heterocycles. The molecule has 1 spiro atoms. The van der Waals surface area contributed by atoms with Crippen LogP contribution in [-0.4, -0.2) is 52.6 Å². The van der Waals surface area contributed by atoms with Crippen LogP contribution >= 0.6 is 0 Å². The lowest BCUT2D eigenvalue weighted by Crippen LogP contribution is -2.75. The molecule has 6 nitrogen and oxygen atoms in total. The van der Waals surface area contributed by atoms with Crippen LogP contribution in [0.1, 0.15) is 19.8 Å². The first-order valence-corrected chi connectivity index (χ1v) is 5.51. The lowest BCUT2D eigenvalue weighted by atomic mass is 9.84. The van der Waals surface area contributed by atoms with Gasteiger partial charge in [0, 0.05) is 6.54 Å². The molecule has 3 atom stereocenters. The van der Waals surface area contributed by atoms with Crippen LogP contribution in [0.25, 0.3) is 0 Å². The Balaban J connectivity index is 2.08. The summed E-state index contributed by atoms with van der Waals surface area (Å²) in [6, 6.07) is -0.902. The van der Waals surface area contributed by atoms with Gasteiger partial charge in [-0.15, -0.1) is 0 Å². The lowest BCUT2D eigenvalue weighted by molar-refractivity contribution is -0.163. The second-order valence-electron chi connectivity index (χ2n) is 4.63. The number of β-lactam (4-membered cyclic amide) rings is 1. The molecule has 2 heterocycles. The molecule has 0 radical (unpaired) electrons. The normalized spacial score (nSPS) is 32.6. The molecular weight excluding hydrogens is 210 g/mol. The molecule has 0 aromatic carbocycles. The van der Waals surface area contributed by atoms with Crippen LogP contribution in [0.3, 0.4) is 0 Å². The average Bonchev–Trinajstić information content (AvgIpc) is 2.67. The maximum atomic E-state index is 12.0. The van der Waals surface area contributed by atoms with E-state index in [1.165, 1.54) is 11.8 Å². The zero-order chi connectivity index (χ0) is 11.9. The molecule has 16 heavy (non-hydrogen) atoms. The quantitative estimate of drug-likeness (QED) is 0.495. The van der Waals surface area contributed by atoms with Crippen LogP contribution in [0, 0.1) is 0 Å². The first-order chi connectivity index (χ1) is 7.48. The minimum atomic E-state index is -0.930. The highest BCUT2D eigenvalue weighted by Crippen LogP contribution is 2.33.